The Morgan fingerprint density at radius 3 is 2.81 bits per heavy atom. The highest BCUT2D eigenvalue weighted by Crippen LogP contribution is 2.35. The van der Waals surface area contributed by atoms with Gasteiger partial charge in [0.25, 0.3) is 0 Å². The van der Waals surface area contributed by atoms with E-state index in [9.17, 15) is 0 Å². The number of hydrogen-bond donors (Lipinski definition) is 1. The average Bonchev–Trinajstić information content (AvgIpc) is 2.48. The zero-order valence-electron chi connectivity index (χ0n) is 12.9. The van der Waals surface area contributed by atoms with Crippen molar-refractivity contribution in [1.29, 1.82) is 0 Å². The molecule has 21 heavy (non-hydrogen) atoms. The van der Waals surface area contributed by atoms with Crippen LogP contribution in [-0.4, -0.2) is 41.7 Å². The summed E-state index contributed by atoms with van der Waals surface area (Å²) < 4.78 is 5.50. The van der Waals surface area contributed by atoms with Crippen LogP contribution in [0.1, 0.15) is 19.4 Å². The van der Waals surface area contributed by atoms with Crippen molar-refractivity contribution in [3.8, 4) is 5.75 Å². The molecule has 1 aromatic carbocycles. The number of benzene rings is 1. The van der Waals surface area contributed by atoms with Gasteiger partial charge in [-0.25, -0.2) is 0 Å². The van der Waals surface area contributed by atoms with Crippen LogP contribution >= 0.6 is 35.1 Å². The Morgan fingerprint density at radius 1 is 1.38 bits per heavy atom. The van der Waals surface area contributed by atoms with Gasteiger partial charge in [-0.2, -0.15) is 23.5 Å². The zero-order chi connectivity index (χ0) is 15.2. The van der Waals surface area contributed by atoms with Gasteiger partial charge in [-0.05, 0) is 36.7 Å². The molecule has 1 aliphatic rings. The predicted molar refractivity (Wildman–Crippen MR) is 97.3 cm³/mol. The molecule has 1 aromatic rings. The van der Waals surface area contributed by atoms with E-state index in [1.807, 2.05) is 18.2 Å². The van der Waals surface area contributed by atoms with E-state index >= 15 is 0 Å². The highest BCUT2D eigenvalue weighted by molar-refractivity contribution is 8.07. The first-order chi connectivity index (χ1) is 10.2. The number of hydrogen-bond acceptors (Lipinski definition) is 4. The van der Waals surface area contributed by atoms with Gasteiger partial charge in [0.15, 0.2) is 0 Å². The average molecular weight is 346 g/mol. The highest BCUT2D eigenvalue weighted by Gasteiger charge is 2.30. The van der Waals surface area contributed by atoms with Crippen LogP contribution < -0.4 is 10.1 Å². The van der Waals surface area contributed by atoms with E-state index in [4.69, 9.17) is 16.3 Å². The summed E-state index contributed by atoms with van der Waals surface area (Å²) in [6.07, 6.45) is 0.958. The van der Waals surface area contributed by atoms with Gasteiger partial charge in [-0.1, -0.05) is 25.4 Å². The normalized spacial score (nSPS) is 23.8. The second kappa shape index (κ2) is 8.56. The van der Waals surface area contributed by atoms with Crippen LogP contribution in [0.25, 0.3) is 0 Å². The molecule has 2 rings (SSSR count). The number of halogens is 1. The first-order valence-corrected chi connectivity index (χ1v) is 9.92. The molecule has 1 aliphatic heterocycles. The predicted octanol–water partition coefficient (Wildman–Crippen LogP) is 4.11. The molecule has 3 unspecified atom stereocenters. The van der Waals surface area contributed by atoms with Crippen molar-refractivity contribution in [2.45, 2.75) is 36.8 Å². The Morgan fingerprint density at radius 2 is 2.14 bits per heavy atom. The van der Waals surface area contributed by atoms with Gasteiger partial charge in [0.2, 0.25) is 0 Å². The van der Waals surface area contributed by atoms with E-state index in [0.29, 0.717) is 16.5 Å². The first-order valence-electron chi connectivity index (χ1n) is 7.44. The van der Waals surface area contributed by atoms with E-state index in [2.05, 4.69) is 42.7 Å². The summed E-state index contributed by atoms with van der Waals surface area (Å²) in [7, 11) is 1.73. The summed E-state index contributed by atoms with van der Waals surface area (Å²) >= 11 is 10.3. The fourth-order valence-corrected chi connectivity index (χ4v) is 5.96. The molecule has 1 saturated heterocycles. The van der Waals surface area contributed by atoms with Crippen LogP contribution in [-0.2, 0) is 6.42 Å². The molecule has 1 heterocycles. The maximum atomic E-state index is 6.16. The van der Waals surface area contributed by atoms with E-state index in [0.717, 1.165) is 23.7 Å². The van der Waals surface area contributed by atoms with Crippen LogP contribution in [0.15, 0.2) is 18.2 Å². The summed E-state index contributed by atoms with van der Waals surface area (Å²) in [5.74, 6) is 3.44. The Hall–Kier alpha value is -0.0300. The highest BCUT2D eigenvalue weighted by atomic mass is 35.5. The Balaban J connectivity index is 2.17. The van der Waals surface area contributed by atoms with Gasteiger partial charge in [0.05, 0.1) is 7.11 Å². The molecule has 0 saturated carbocycles. The lowest BCUT2D eigenvalue weighted by Crippen LogP contribution is -2.45. The lowest BCUT2D eigenvalue weighted by atomic mass is 10.0. The third-order valence-electron chi connectivity index (χ3n) is 3.78. The minimum Gasteiger partial charge on any atom is -0.496 e. The summed E-state index contributed by atoms with van der Waals surface area (Å²) in [5, 5.41) is 5.76. The van der Waals surface area contributed by atoms with Crippen molar-refractivity contribution in [2.75, 3.05) is 25.2 Å². The third-order valence-corrected chi connectivity index (χ3v) is 7.27. The number of likely N-dealkylation sites (N-methyl/N-ethyl adjacent to an activating group) is 1. The van der Waals surface area contributed by atoms with Gasteiger partial charge in [-0.15, -0.1) is 0 Å². The molecule has 1 fully saturated rings. The quantitative estimate of drug-likeness (QED) is 0.837. The van der Waals surface area contributed by atoms with Crippen molar-refractivity contribution in [2.24, 2.45) is 0 Å². The third kappa shape index (κ3) is 4.72. The fourth-order valence-electron chi connectivity index (χ4n) is 2.80. The van der Waals surface area contributed by atoms with Gasteiger partial charge >= 0.3 is 0 Å². The van der Waals surface area contributed by atoms with E-state index in [1.54, 1.807) is 7.11 Å². The maximum absolute atomic E-state index is 6.16. The molecular weight excluding hydrogens is 322 g/mol. The van der Waals surface area contributed by atoms with E-state index < -0.39 is 0 Å². The van der Waals surface area contributed by atoms with Crippen LogP contribution in [0.4, 0.5) is 0 Å². The van der Waals surface area contributed by atoms with Gasteiger partial charge in [0, 0.05) is 33.1 Å². The van der Waals surface area contributed by atoms with Crippen LogP contribution in [0.2, 0.25) is 5.02 Å². The van der Waals surface area contributed by atoms with Crippen molar-refractivity contribution in [3.63, 3.8) is 0 Å². The van der Waals surface area contributed by atoms with Crippen LogP contribution in [0.3, 0.4) is 0 Å². The number of ether oxygens (including phenoxy) is 1. The minimum absolute atomic E-state index is 0.454. The van der Waals surface area contributed by atoms with E-state index in [1.165, 1.54) is 17.1 Å². The second-order valence-corrected chi connectivity index (χ2v) is 8.44. The van der Waals surface area contributed by atoms with Crippen LogP contribution in [0.5, 0.6) is 5.75 Å². The molecule has 0 spiro atoms. The molecule has 118 valence electrons. The SMILES string of the molecule is CCNC(Cc1cc(Cl)ccc1OC)C1SCCSC1C. The fraction of sp³-hybridized carbons (Fsp3) is 0.625. The number of methoxy groups -OCH3 is 1. The van der Waals surface area contributed by atoms with E-state index in [-0.39, 0.29) is 0 Å². The van der Waals surface area contributed by atoms with Gasteiger partial charge in [0.1, 0.15) is 5.75 Å². The lowest BCUT2D eigenvalue weighted by Gasteiger charge is -2.35. The second-order valence-electron chi connectivity index (χ2n) is 5.24. The number of thioether (sulfide) groups is 2. The Kier molecular flexibility index (Phi) is 7.06. The molecular formula is C16H24ClNOS2. The molecule has 3 atom stereocenters. The Labute approximate surface area is 141 Å². The Bertz CT molecular complexity index is 458. The van der Waals surface area contributed by atoms with Gasteiger partial charge in [-0.3, -0.25) is 0 Å². The molecule has 0 bridgehead atoms. The molecule has 0 radical (unpaired) electrons. The molecule has 0 aliphatic carbocycles. The van der Waals surface area contributed by atoms with Crippen molar-refractivity contribution < 1.29 is 4.74 Å². The number of rotatable bonds is 6. The summed E-state index contributed by atoms with van der Waals surface area (Å²) in [6.45, 7) is 5.51. The number of nitrogens with one attached hydrogen (secondary N) is 1. The van der Waals surface area contributed by atoms with Crippen LogP contribution in [0, 0.1) is 0 Å². The minimum atomic E-state index is 0.454. The summed E-state index contributed by atoms with van der Waals surface area (Å²) in [4.78, 5) is 0. The smallest absolute Gasteiger partial charge is 0.122 e. The molecule has 1 N–H and O–H groups in total. The molecule has 0 amide bonds. The molecule has 2 nitrogen and oxygen atoms in total. The summed E-state index contributed by atoms with van der Waals surface area (Å²) in [5.41, 5.74) is 1.19. The molecule has 0 aromatic heterocycles. The lowest BCUT2D eigenvalue weighted by molar-refractivity contribution is 0.404. The molecule has 5 heteroatoms. The standard InChI is InChI=1S/C16H24ClNOS2/c1-4-18-14(16-11(2)20-7-8-21-16)10-12-9-13(17)5-6-15(12)19-3/h5-6,9,11,14,16,18H,4,7-8,10H2,1-3H3. The van der Waals surface area contributed by atoms with Crippen molar-refractivity contribution in [3.05, 3.63) is 28.8 Å². The van der Waals surface area contributed by atoms with Gasteiger partial charge < -0.3 is 10.1 Å². The monoisotopic (exact) mass is 345 g/mol. The van der Waals surface area contributed by atoms with Crippen molar-refractivity contribution in [1.82, 2.24) is 5.32 Å². The largest absolute Gasteiger partial charge is 0.496 e. The van der Waals surface area contributed by atoms with Crippen molar-refractivity contribution >= 4 is 35.1 Å². The topological polar surface area (TPSA) is 21.3 Å². The summed E-state index contributed by atoms with van der Waals surface area (Å²) in [6, 6.07) is 6.35. The first kappa shape index (κ1) is 17.3. The zero-order valence-corrected chi connectivity index (χ0v) is 15.3. The maximum Gasteiger partial charge on any atom is 0.122 e.